The molecule has 0 saturated carbocycles. The van der Waals surface area contributed by atoms with Crippen LogP contribution in [0.1, 0.15) is 61.2 Å². The topological polar surface area (TPSA) is 88.7 Å². The minimum atomic E-state index is -0.160. The number of nitrogens with two attached hydrogens (primary N) is 1. The molecule has 1 aliphatic heterocycles. The minimum absolute atomic E-state index is 0.0648. The molecule has 0 bridgehead atoms. The van der Waals surface area contributed by atoms with Crippen LogP contribution in [-0.4, -0.2) is 28.3 Å². The molecule has 0 unspecified atom stereocenters. The molecule has 3 heterocycles. The van der Waals surface area contributed by atoms with Gasteiger partial charge >= 0.3 is 7.12 Å². The molecule has 0 radical (unpaired) electrons. The van der Waals surface area contributed by atoms with Gasteiger partial charge in [-0.15, -0.1) is 0 Å². The number of ether oxygens (including phenoxy) is 2. The normalized spacial score (nSPS) is 14.6. The number of aromatic nitrogens is 2. The first-order valence-corrected chi connectivity index (χ1v) is 15.1. The van der Waals surface area contributed by atoms with E-state index in [0.29, 0.717) is 10.9 Å². The summed E-state index contributed by atoms with van der Waals surface area (Å²) in [7, 11) is -0.0648. The molecular weight excluding hydrogens is 573 g/mol. The number of hydrogen-bond donors (Lipinski definition) is 1. The highest BCUT2D eigenvalue weighted by atomic mass is 35.5. The Bertz CT molecular complexity index is 1480. The predicted octanol–water partition coefficient (Wildman–Crippen LogP) is 9.54. The summed E-state index contributed by atoms with van der Waals surface area (Å²) in [4.78, 5) is 8.21. The zero-order chi connectivity index (χ0) is 32.8. The zero-order valence-electron chi connectivity index (χ0n) is 27.8. The van der Waals surface area contributed by atoms with Crippen molar-refractivity contribution in [3.8, 4) is 23.0 Å². The Morgan fingerprint density at radius 2 is 1.18 bits per heavy atom. The second-order valence-electron chi connectivity index (χ2n) is 12.0. The maximum absolute atomic E-state index is 5.93. The number of benzene rings is 2. The summed E-state index contributed by atoms with van der Waals surface area (Å²) in [5.74, 6) is 3.19. The van der Waals surface area contributed by atoms with E-state index in [1.165, 1.54) is 11.1 Å². The van der Waals surface area contributed by atoms with Crippen LogP contribution in [0, 0.1) is 41.5 Å². The van der Waals surface area contributed by atoms with Crippen LogP contribution >= 0.6 is 11.6 Å². The van der Waals surface area contributed by atoms with E-state index >= 15 is 0 Å². The van der Waals surface area contributed by atoms with Crippen LogP contribution in [0.5, 0.6) is 23.0 Å². The summed E-state index contributed by atoms with van der Waals surface area (Å²) in [6, 6.07) is 15.4. The van der Waals surface area contributed by atoms with Crippen LogP contribution in [0.2, 0.25) is 12.0 Å². The summed E-state index contributed by atoms with van der Waals surface area (Å²) in [5.41, 5.74) is 12.6. The standard InChI is InChI=1S/C15H17NO.C13H13ClN2O.C7H15BO2/c1-10-5-6-14(9-11(10)2)17-15-7-8-16-13(4)12(15)3;1-8-7-10(3-4-11(8)15)17-12-5-6-16-13(14)9(12)2;1-6(2)7(3,4)10-8(5)9-6/h5-9H,1-4H3;3-7H,15H2,1-2H3;1-5H3. The third kappa shape index (κ3) is 8.97. The molecule has 1 saturated heterocycles. The van der Waals surface area contributed by atoms with Gasteiger partial charge in [0.1, 0.15) is 28.2 Å². The van der Waals surface area contributed by atoms with Crippen molar-refractivity contribution in [2.24, 2.45) is 0 Å². The largest absolute Gasteiger partial charge is 0.457 e. The zero-order valence-corrected chi connectivity index (χ0v) is 28.6. The molecule has 7 nitrogen and oxygen atoms in total. The number of rotatable bonds is 4. The lowest BCUT2D eigenvalue weighted by Gasteiger charge is -2.32. The molecule has 1 fully saturated rings. The van der Waals surface area contributed by atoms with Crippen LogP contribution in [0.3, 0.4) is 0 Å². The molecule has 1 aliphatic rings. The molecule has 0 spiro atoms. The fourth-order valence-electron chi connectivity index (χ4n) is 4.21. The molecule has 44 heavy (non-hydrogen) atoms. The summed E-state index contributed by atoms with van der Waals surface area (Å²) >= 11 is 5.93. The minimum Gasteiger partial charge on any atom is -0.457 e. The van der Waals surface area contributed by atoms with E-state index in [1.807, 2.05) is 64.8 Å². The molecule has 9 heteroatoms. The van der Waals surface area contributed by atoms with E-state index in [9.17, 15) is 0 Å². The van der Waals surface area contributed by atoms with Crippen LogP contribution in [0.4, 0.5) is 5.69 Å². The second-order valence-corrected chi connectivity index (χ2v) is 12.4. The van der Waals surface area contributed by atoms with Gasteiger partial charge in [0.15, 0.2) is 0 Å². The SMILES string of the molecule is CB1OC(C)(C)C(C)(C)O1.Cc1cc(Oc2ccnc(Cl)c2C)ccc1N.Cc1ccc(Oc2ccnc(C)c2C)cc1C. The van der Waals surface area contributed by atoms with Crippen LogP contribution in [0.15, 0.2) is 60.9 Å². The van der Waals surface area contributed by atoms with Crippen molar-refractivity contribution in [1.82, 2.24) is 9.97 Å². The smallest absolute Gasteiger partial charge is 0.454 e. The maximum atomic E-state index is 5.93. The van der Waals surface area contributed by atoms with Crippen molar-refractivity contribution in [3.63, 3.8) is 0 Å². The lowest BCUT2D eigenvalue weighted by Crippen LogP contribution is -2.41. The number of nitrogen functional groups attached to an aromatic ring is 1. The van der Waals surface area contributed by atoms with E-state index in [4.69, 9.17) is 36.1 Å². The van der Waals surface area contributed by atoms with Crippen molar-refractivity contribution < 1.29 is 18.8 Å². The first-order chi connectivity index (χ1) is 20.5. The summed E-state index contributed by atoms with van der Waals surface area (Å²) in [6.07, 6.45) is 3.40. The van der Waals surface area contributed by atoms with Crippen molar-refractivity contribution in [2.75, 3.05) is 5.73 Å². The Balaban J connectivity index is 0.000000187. The van der Waals surface area contributed by atoms with E-state index < -0.39 is 0 Å². The Kier molecular flexibility index (Phi) is 11.5. The number of nitrogens with zero attached hydrogens (tertiary/aromatic N) is 2. The Hall–Kier alpha value is -3.59. The van der Waals surface area contributed by atoms with E-state index in [-0.39, 0.29) is 18.3 Å². The van der Waals surface area contributed by atoms with Crippen molar-refractivity contribution in [3.05, 3.63) is 99.6 Å². The number of anilines is 1. The molecule has 0 aliphatic carbocycles. The fraction of sp³-hybridized carbons (Fsp3) is 0.371. The van der Waals surface area contributed by atoms with Crippen LogP contribution < -0.4 is 15.2 Å². The quantitative estimate of drug-likeness (QED) is 0.139. The Morgan fingerprint density at radius 1 is 0.682 bits per heavy atom. The third-order valence-electron chi connectivity index (χ3n) is 8.05. The maximum Gasteiger partial charge on any atom is 0.454 e. The van der Waals surface area contributed by atoms with Gasteiger partial charge in [-0.1, -0.05) is 17.7 Å². The second kappa shape index (κ2) is 14.5. The highest BCUT2D eigenvalue weighted by molar-refractivity contribution is 6.43. The van der Waals surface area contributed by atoms with E-state index in [2.05, 4.69) is 63.6 Å². The molecule has 2 aromatic heterocycles. The van der Waals surface area contributed by atoms with Crippen molar-refractivity contribution in [1.29, 1.82) is 0 Å². The third-order valence-corrected chi connectivity index (χ3v) is 8.43. The summed E-state index contributed by atoms with van der Waals surface area (Å²) < 4.78 is 22.7. The highest BCUT2D eigenvalue weighted by Gasteiger charge is 2.48. The van der Waals surface area contributed by atoms with Crippen molar-refractivity contribution >= 4 is 24.4 Å². The van der Waals surface area contributed by atoms with Gasteiger partial charge in [0.25, 0.3) is 0 Å². The number of pyridine rings is 2. The summed E-state index contributed by atoms with van der Waals surface area (Å²) in [5, 5.41) is 0.453. The van der Waals surface area contributed by atoms with Gasteiger partial charge in [0.2, 0.25) is 0 Å². The van der Waals surface area contributed by atoms with Gasteiger partial charge in [0, 0.05) is 34.9 Å². The molecule has 234 valence electrons. The molecule has 2 N–H and O–H groups in total. The van der Waals surface area contributed by atoms with Gasteiger partial charge in [-0.2, -0.15) is 0 Å². The van der Waals surface area contributed by atoms with E-state index in [0.717, 1.165) is 45.3 Å². The number of halogens is 1. The highest BCUT2D eigenvalue weighted by Crippen LogP contribution is 2.36. The average Bonchev–Trinajstić information content (AvgIpc) is 3.13. The van der Waals surface area contributed by atoms with Gasteiger partial charge in [-0.05, 0) is 135 Å². The molecule has 4 aromatic rings. The fourth-order valence-corrected chi connectivity index (χ4v) is 4.36. The van der Waals surface area contributed by atoms with Crippen LogP contribution in [-0.2, 0) is 9.31 Å². The van der Waals surface area contributed by atoms with Gasteiger partial charge in [0.05, 0.1) is 11.2 Å². The van der Waals surface area contributed by atoms with E-state index in [1.54, 1.807) is 18.5 Å². The summed E-state index contributed by atoms with van der Waals surface area (Å²) in [6.45, 7) is 22.1. The lowest BCUT2D eigenvalue weighted by atomic mass is 9.90. The van der Waals surface area contributed by atoms with Gasteiger partial charge in [-0.3, -0.25) is 4.98 Å². The number of hydrogen-bond acceptors (Lipinski definition) is 7. The lowest BCUT2D eigenvalue weighted by molar-refractivity contribution is 0.00578. The first-order valence-electron chi connectivity index (χ1n) is 14.7. The monoisotopic (exact) mass is 617 g/mol. The van der Waals surface area contributed by atoms with Crippen molar-refractivity contribution in [2.45, 2.75) is 87.3 Å². The molecule has 0 atom stereocenters. The molecule has 0 amide bonds. The van der Waals surface area contributed by atoms with Gasteiger partial charge in [-0.25, -0.2) is 4.98 Å². The Morgan fingerprint density at radius 3 is 1.68 bits per heavy atom. The predicted molar refractivity (Wildman–Crippen MR) is 181 cm³/mol. The molecular formula is C35H45BClN3O4. The Labute approximate surface area is 268 Å². The first kappa shape index (κ1) is 34.9. The number of aryl methyl sites for hydroxylation is 4. The molecule has 2 aromatic carbocycles. The average molecular weight is 618 g/mol. The molecule has 5 rings (SSSR count). The van der Waals surface area contributed by atoms with Gasteiger partial charge < -0.3 is 24.5 Å². The van der Waals surface area contributed by atoms with Crippen LogP contribution in [0.25, 0.3) is 0 Å².